The monoisotopic (exact) mass is 248 g/mol. The van der Waals surface area contributed by atoms with E-state index in [9.17, 15) is 0 Å². The van der Waals surface area contributed by atoms with Gasteiger partial charge in [0.1, 0.15) is 11.5 Å². The first kappa shape index (κ1) is 12.6. The molecule has 2 N–H and O–H groups in total. The molecular formula is C12H20N6. The molecule has 2 heterocycles. The highest BCUT2D eigenvalue weighted by Gasteiger charge is 2.18. The van der Waals surface area contributed by atoms with Gasteiger partial charge < -0.3 is 5.73 Å². The Bertz CT molecular complexity index is 551. The average Bonchev–Trinajstić information content (AvgIpc) is 2.90. The van der Waals surface area contributed by atoms with Gasteiger partial charge >= 0.3 is 0 Å². The molecule has 0 amide bonds. The third-order valence-electron chi connectivity index (χ3n) is 3.02. The molecule has 98 valence electrons. The minimum atomic E-state index is 0.697. The number of aromatic nitrogens is 5. The van der Waals surface area contributed by atoms with Gasteiger partial charge in [-0.1, -0.05) is 20.8 Å². The largest absolute Gasteiger partial charge is 0.394 e. The summed E-state index contributed by atoms with van der Waals surface area (Å²) in [6.45, 7) is 6.15. The van der Waals surface area contributed by atoms with Gasteiger partial charge in [-0.3, -0.25) is 0 Å². The van der Waals surface area contributed by atoms with Crippen LogP contribution in [0.5, 0.6) is 0 Å². The van der Waals surface area contributed by atoms with E-state index in [1.165, 1.54) is 0 Å². The van der Waals surface area contributed by atoms with Crippen LogP contribution in [0.4, 0.5) is 5.69 Å². The summed E-state index contributed by atoms with van der Waals surface area (Å²) in [5.74, 6) is 2.57. The second-order valence-corrected chi connectivity index (χ2v) is 4.22. The van der Waals surface area contributed by atoms with Crippen LogP contribution in [0.3, 0.4) is 0 Å². The fourth-order valence-electron chi connectivity index (χ4n) is 2.04. The molecule has 0 unspecified atom stereocenters. The molecule has 0 atom stereocenters. The summed E-state index contributed by atoms with van der Waals surface area (Å²) < 4.78 is 3.60. The highest BCUT2D eigenvalue weighted by molar-refractivity contribution is 5.57. The number of anilines is 1. The van der Waals surface area contributed by atoms with Crippen LogP contribution in [0, 0.1) is 0 Å². The Labute approximate surface area is 107 Å². The third kappa shape index (κ3) is 1.87. The predicted molar refractivity (Wildman–Crippen MR) is 70.7 cm³/mol. The van der Waals surface area contributed by atoms with Gasteiger partial charge in [-0.05, 0) is 6.42 Å². The molecule has 0 aliphatic heterocycles. The lowest BCUT2D eigenvalue weighted by Crippen LogP contribution is -2.10. The van der Waals surface area contributed by atoms with Crippen molar-refractivity contribution in [3.05, 3.63) is 17.3 Å². The summed E-state index contributed by atoms with van der Waals surface area (Å²) in [5, 5.41) is 8.92. The highest BCUT2D eigenvalue weighted by atomic mass is 15.4. The van der Waals surface area contributed by atoms with Crippen molar-refractivity contribution in [2.75, 3.05) is 5.73 Å². The van der Waals surface area contributed by atoms with Crippen LogP contribution in [0.2, 0.25) is 0 Å². The molecule has 6 heteroatoms. The molecule has 0 aliphatic rings. The van der Waals surface area contributed by atoms with E-state index >= 15 is 0 Å². The number of nitrogens with two attached hydrogens (primary N) is 1. The number of aryl methyl sites for hydroxylation is 4. The lowest BCUT2D eigenvalue weighted by molar-refractivity contribution is 0.669. The zero-order chi connectivity index (χ0) is 13.3. The first-order valence-corrected chi connectivity index (χ1v) is 6.38. The summed E-state index contributed by atoms with van der Waals surface area (Å²) in [4.78, 5) is 4.50. The fourth-order valence-corrected chi connectivity index (χ4v) is 2.04. The van der Waals surface area contributed by atoms with Crippen molar-refractivity contribution in [1.29, 1.82) is 0 Å². The van der Waals surface area contributed by atoms with E-state index in [1.54, 1.807) is 4.68 Å². The van der Waals surface area contributed by atoms with Gasteiger partial charge in [0, 0.05) is 19.9 Å². The molecular weight excluding hydrogens is 228 g/mol. The number of rotatable bonds is 4. The molecule has 2 aromatic heterocycles. The molecule has 2 aromatic rings. The number of hydrogen-bond acceptors (Lipinski definition) is 4. The molecule has 0 spiro atoms. The predicted octanol–water partition coefficient (Wildman–Crippen LogP) is 1.27. The van der Waals surface area contributed by atoms with Crippen molar-refractivity contribution in [1.82, 2.24) is 24.5 Å². The molecule has 0 aliphatic carbocycles. The Hall–Kier alpha value is -1.85. The molecule has 0 bridgehead atoms. The van der Waals surface area contributed by atoms with Crippen LogP contribution >= 0.6 is 0 Å². The maximum absolute atomic E-state index is 6.15. The smallest absolute Gasteiger partial charge is 0.177 e. The van der Waals surface area contributed by atoms with Gasteiger partial charge in [-0.2, -0.15) is 9.78 Å². The molecule has 0 radical (unpaired) electrons. The Morgan fingerprint density at radius 2 is 1.78 bits per heavy atom. The van der Waals surface area contributed by atoms with Gasteiger partial charge in [0.15, 0.2) is 11.6 Å². The van der Waals surface area contributed by atoms with E-state index < -0.39 is 0 Å². The number of hydrogen-bond donors (Lipinski definition) is 1. The minimum absolute atomic E-state index is 0.697. The summed E-state index contributed by atoms with van der Waals surface area (Å²) in [6, 6.07) is 0. The van der Waals surface area contributed by atoms with Crippen LogP contribution in [-0.2, 0) is 26.3 Å². The van der Waals surface area contributed by atoms with Gasteiger partial charge in [-0.15, -0.1) is 5.10 Å². The lowest BCUT2D eigenvalue weighted by atomic mass is 10.3. The molecule has 0 saturated carbocycles. The normalized spacial score (nSPS) is 11.1. The van der Waals surface area contributed by atoms with Crippen LogP contribution < -0.4 is 5.73 Å². The topological polar surface area (TPSA) is 74.6 Å². The standard InChI is InChI=1S/C12H20N6/c1-5-8-11(13)12(17(4)15-8)18-10(7-3)14-9(6-2)16-18/h5-7,13H2,1-4H3. The molecule has 18 heavy (non-hydrogen) atoms. The maximum Gasteiger partial charge on any atom is 0.177 e. The Kier molecular flexibility index (Phi) is 3.36. The first-order chi connectivity index (χ1) is 8.62. The van der Waals surface area contributed by atoms with E-state index in [1.807, 2.05) is 25.6 Å². The number of nitrogens with zero attached hydrogens (tertiary/aromatic N) is 5. The summed E-state index contributed by atoms with van der Waals surface area (Å²) in [5.41, 5.74) is 7.75. The van der Waals surface area contributed by atoms with Crippen molar-refractivity contribution in [2.24, 2.45) is 7.05 Å². The van der Waals surface area contributed by atoms with Gasteiger partial charge in [0.05, 0.1) is 5.69 Å². The van der Waals surface area contributed by atoms with E-state index in [-0.39, 0.29) is 0 Å². The second-order valence-electron chi connectivity index (χ2n) is 4.22. The maximum atomic E-state index is 6.15. The Morgan fingerprint density at radius 1 is 1.06 bits per heavy atom. The van der Waals surface area contributed by atoms with E-state index in [0.29, 0.717) is 5.69 Å². The first-order valence-electron chi connectivity index (χ1n) is 6.38. The van der Waals surface area contributed by atoms with Crippen molar-refractivity contribution in [3.63, 3.8) is 0 Å². The third-order valence-corrected chi connectivity index (χ3v) is 3.02. The van der Waals surface area contributed by atoms with Crippen molar-refractivity contribution < 1.29 is 0 Å². The van der Waals surface area contributed by atoms with Crippen molar-refractivity contribution >= 4 is 5.69 Å². The van der Waals surface area contributed by atoms with Crippen molar-refractivity contribution in [2.45, 2.75) is 40.0 Å². The summed E-state index contributed by atoms with van der Waals surface area (Å²) >= 11 is 0. The van der Waals surface area contributed by atoms with Crippen LogP contribution in [0.25, 0.3) is 5.82 Å². The Morgan fingerprint density at radius 3 is 2.28 bits per heavy atom. The zero-order valence-electron chi connectivity index (χ0n) is 11.4. The van der Waals surface area contributed by atoms with Gasteiger partial charge in [0.2, 0.25) is 0 Å². The summed E-state index contributed by atoms with van der Waals surface area (Å²) in [7, 11) is 1.89. The SMILES string of the molecule is CCc1nc(CC)n(-c2c(N)c(CC)nn2C)n1. The second kappa shape index (κ2) is 4.80. The van der Waals surface area contributed by atoms with E-state index in [2.05, 4.69) is 22.1 Å². The van der Waals surface area contributed by atoms with E-state index in [0.717, 1.165) is 42.4 Å². The molecule has 0 saturated heterocycles. The quantitative estimate of drug-likeness (QED) is 0.884. The zero-order valence-corrected chi connectivity index (χ0v) is 11.4. The van der Waals surface area contributed by atoms with Crippen LogP contribution in [0.1, 0.15) is 38.1 Å². The highest BCUT2D eigenvalue weighted by Crippen LogP contribution is 2.22. The van der Waals surface area contributed by atoms with Gasteiger partial charge in [-0.25, -0.2) is 9.67 Å². The average molecular weight is 248 g/mol. The van der Waals surface area contributed by atoms with Gasteiger partial charge in [0.25, 0.3) is 0 Å². The minimum Gasteiger partial charge on any atom is -0.394 e. The van der Waals surface area contributed by atoms with Crippen molar-refractivity contribution in [3.8, 4) is 5.82 Å². The van der Waals surface area contributed by atoms with E-state index in [4.69, 9.17) is 5.73 Å². The van der Waals surface area contributed by atoms with Crippen LogP contribution in [-0.4, -0.2) is 24.5 Å². The molecule has 2 rings (SSSR count). The Balaban J connectivity index is 2.60. The molecule has 0 aromatic carbocycles. The lowest BCUT2D eigenvalue weighted by Gasteiger charge is -2.05. The molecule has 0 fully saturated rings. The summed E-state index contributed by atoms with van der Waals surface area (Å²) in [6.07, 6.45) is 2.45. The molecule has 6 nitrogen and oxygen atoms in total. The van der Waals surface area contributed by atoms with Crippen LogP contribution in [0.15, 0.2) is 0 Å². The fraction of sp³-hybridized carbons (Fsp3) is 0.583. The number of nitrogen functional groups attached to an aromatic ring is 1.